The van der Waals surface area contributed by atoms with E-state index in [-0.39, 0.29) is 18.4 Å². The Morgan fingerprint density at radius 2 is 2.20 bits per heavy atom. The zero-order valence-corrected chi connectivity index (χ0v) is 15.3. The second-order valence-electron chi connectivity index (χ2n) is 7.69. The van der Waals surface area contributed by atoms with E-state index in [1.165, 1.54) is 0 Å². The van der Waals surface area contributed by atoms with Crippen LogP contribution in [0.4, 0.5) is 0 Å². The van der Waals surface area contributed by atoms with Crippen LogP contribution in [0.2, 0.25) is 0 Å². The van der Waals surface area contributed by atoms with Gasteiger partial charge in [-0.1, -0.05) is 19.3 Å². The Bertz CT molecular complexity index is 581. The third-order valence-corrected chi connectivity index (χ3v) is 5.12. The van der Waals surface area contributed by atoms with E-state index >= 15 is 0 Å². The largest absolute Gasteiger partial charge is 0.389 e. The molecular weight excluding hydrogens is 320 g/mol. The van der Waals surface area contributed by atoms with E-state index in [1.54, 1.807) is 0 Å². The predicted octanol–water partition coefficient (Wildman–Crippen LogP) is 1.46. The summed E-state index contributed by atoms with van der Waals surface area (Å²) in [5.41, 5.74) is 0.218. The first-order valence-corrected chi connectivity index (χ1v) is 9.25. The van der Waals surface area contributed by atoms with Crippen LogP contribution >= 0.6 is 0 Å². The van der Waals surface area contributed by atoms with Crippen LogP contribution in [-0.2, 0) is 16.1 Å². The zero-order chi connectivity index (χ0) is 17.9. The summed E-state index contributed by atoms with van der Waals surface area (Å²) in [5, 5.41) is 10.6. The van der Waals surface area contributed by atoms with Gasteiger partial charge >= 0.3 is 0 Å². The zero-order valence-electron chi connectivity index (χ0n) is 15.3. The molecule has 1 aromatic rings. The minimum atomic E-state index is -0.813. The summed E-state index contributed by atoms with van der Waals surface area (Å²) >= 11 is 0. The van der Waals surface area contributed by atoms with Crippen molar-refractivity contribution in [2.75, 3.05) is 33.8 Å². The first-order valence-electron chi connectivity index (χ1n) is 9.25. The smallest absolute Gasteiger partial charge is 0.225 e. The highest BCUT2D eigenvalue weighted by Gasteiger charge is 2.35. The standard InChI is InChI=1S/C18H30N4O3/c1-21(2)12-14-11-19-17(20-14)15-13-22(8-9-25-15)16(23)10-18(24)6-4-3-5-7-18/h11,15,24H,3-10,12-13H2,1-2H3,(H,19,20). The Labute approximate surface area is 149 Å². The van der Waals surface area contributed by atoms with Gasteiger partial charge in [0, 0.05) is 25.0 Å². The fraction of sp³-hybridized carbons (Fsp3) is 0.778. The molecule has 0 radical (unpaired) electrons. The number of nitrogens with zero attached hydrogens (tertiary/aromatic N) is 3. The molecule has 1 unspecified atom stereocenters. The van der Waals surface area contributed by atoms with Gasteiger partial charge in [-0.05, 0) is 26.9 Å². The second-order valence-corrected chi connectivity index (χ2v) is 7.69. The summed E-state index contributed by atoms with van der Waals surface area (Å²) in [6.07, 6.45) is 6.47. The molecular formula is C18H30N4O3. The fourth-order valence-corrected chi connectivity index (χ4v) is 3.78. The number of carbonyl (C=O) groups is 1. The topological polar surface area (TPSA) is 81.7 Å². The molecule has 1 aliphatic heterocycles. The van der Waals surface area contributed by atoms with E-state index in [0.29, 0.717) is 19.7 Å². The van der Waals surface area contributed by atoms with Gasteiger partial charge in [0.2, 0.25) is 5.91 Å². The van der Waals surface area contributed by atoms with E-state index in [4.69, 9.17) is 4.74 Å². The molecule has 1 aliphatic carbocycles. The lowest BCUT2D eigenvalue weighted by Gasteiger charge is -2.36. The van der Waals surface area contributed by atoms with E-state index in [9.17, 15) is 9.90 Å². The van der Waals surface area contributed by atoms with E-state index in [0.717, 1.165) is 50.2 Å². The SMILES string of the molecule is CN(C)Cc1cnc(C2CN(C(=O)CC3(O)CCCCC3)CCO2)[nH]1. The molecule has 0 bridgehead atoms. The quantitative estimate of drug-likeness (QED) is 0.840. The second kappa shape index (κ2) is 7.85. The molecule has 2 fully saturated rings. The average Bonchev–Trinajstić information content (AvgIpc) is 3.03. The van der Waals surface area contributed by atoms with E-state index < -0.39 is 5.60 Å². The van der Waals surface area contributed by atoms with Gasteiger partial charge in [-0.25, -0.2) is 4.98 Å². The summed E-state index contributed by atoms with van der Waals surface area (Å²) in [4.78, 5) is 24.3. The molecule has 1 amide bonds. The van der Waals surface area contributed by atoms with Crippen molar-refractivity contribution in [1.82, 2.24) is 19.8 Å². The predicted molar refractivity (Wildman–Crippen MR) is 93.9 cm³/mol. The Morgan fingerprint density at radius 1 is 1.44 bits per heavy atom. The van der Waals surface area contributed by atoms with Crippen molar-refractivity contribution in [3.63, 3.8) is 0 Å². The summed E-state index contributed by atoms with van der Waals surface area (Å²) in [5.74, 6) is 0.795. The normalized spacial score (nSPS) is 23.8. The lowest BCUT2D eigenvalue weighted by Crippen LogP contribution is -2.46. The number of aliphatic hydroxyl groups is 1. The third kappa shape index (κ3) is 4.80. The Hall–Kier alpha value is -1.44. The Balaban J connectivity index is 1.58. The van der Waals surface area contributed by atoms with Crippen LogP contribution in [0.25, 0.3) is 0 Å². The first kappa shape index (κ1) is 18.4. The number of ether oxygens (including phenoxy) is 1. The molecule has 0 aromatic carbocycles. The maximum Gasteiger partial charge on any atom is 0.225 e. The Kier molecular flexibility index (Phi) is 5.76. The summed E-state index contributed by atoms with van der Waals surface area (Å²) < 4.78 is 5.81. The third-order valence-electron chi connectivity index (χ3n) is 5.12. The van der Waals surface area contributed by atoms with Gasteiger partial charge in [-0.3, -0.25) is 4.79 Å². The molecule has 7 heteroatoms. The molecule has 1 atom stereocenters. The summed E-state index contributed by atoms with van der Waals surface area (Å²) in [6.45, 7) is 2.36. The first-order chi connectivity index (χ1) is 12.0. The van der Waals surface area contributed by atoms with Crippen LogP contribution in [0.5, 0.6) is 0 Å². The van der Waals surface area contributed by atoms with Crippen molar-refractivity contribution in [2.45, 2.75) is 56.8 Å². The van der Waals surface area contributed by atoms with Gasteiger partial charge in [0.1, 0.15) is 11.9 Å². The molecule has 1 saturated carbocycles. The number of nitrogens with one attached hydrogen (secondary N) is 1. The van der Waals surface area contributed by atoms with Gasteiger partial charge in [-0.15, -0.1) is 0 Å². The number of carbonyl (C=O) groups excluding carboxylic acids is 1. The van der Waals surface area contributed by atoms with Crippen molar-refractivity contribution in [3.8, 4) is 0 Å². The monoisotopic (exact) mass is 350 g/mol. The number of rotatable bonds is 5. The number of aromatic amines is 1. The highest BCUT2D eigenvalue weighted by molar-refractivity contribution is 5.77. The molecule has 2 aliphatic rings. The van der Waals surface area contributed by atoms with Gasteiger partial charge in [0.15, 0.2) is 0 Å². The number of H-pyrrole nitrogens is 1. The molecule has 25 heavy (non-hydrogen) atoms. The van der Waals surface area contributed by atoms with Crippen molar-refractivity contribution in [1.29, 1.82) is 0 Å². The van der Waals surface area contributed by atoms with E-state index in [2.05, 4.69) is 14.9 Å². The van der Waals surface area contributed by atoms with Crippen LogP contribution in [0, 0.1) is 0 Å². The molecule has 1 aromatic heterocycles. The average molecular weight is 350 g/mol. The van der Waals surface area contributed by atoms with Crippen LogP contribution in [0.15, 0.2) is 6.20 Å². The lowest BCUT2D eigenvalue weighted by atomic mass is 9.82. The molecule has 2 N–H and O–H groups in total. The summed E-state index contributed by atoms with van der Waals surface area (Å²) in [7, 11) is 4.02. The number of hydrogen-bond donors (Lipinski definition) is 2. The van der Waals surface area contributed by atoms with Crippen LogP contribution in [-0.4, -0.2) is 70.2 Å². The van der Waals surface area contributed by atoms with Gasteiger partial charge in [0.05, 0.1) is 25.2 Å². The molecule has 7 nitrogen and oxygen atoms in total. The number of amides is 1. The van der Waals surface area contributed by atoms with Crippen molar-refractivity contribution in [2.24, 2.45) is 0 Å². The van der Waals surface area contributed by atoms with Crippen LogP contribution in [0.3, 0.4) is 0 Å². The van der Waals surface area contributed by atoms with Gasteiger partial charge in [0.25, 0.3) is 0 Å². The number of morpholine rings is 1. The maximum absolute atomic E-state index is 12.7. The number of aromatic nitrogens is 2. The highest BCUT2D eigenvalue weighted by atomic mass is 16.5. The minimum absolute atomic E-state index is 0.0257. The number of hydrogen-bond acceptors (Lipinski definition) is 5. The summed E-state index contributed by atoms with van der Waals surface area (Å²) in [6, 6.07) is 0. The van der Waals surface area contributed by atoms with Crippen molar-refractivity contribution >= 4 is 5.91 Å². The van der Waals surface area contributed by atoms with E-state index in [1.807, 2.05) is 25.2 Å². The molecule has 0 spiro atoms. The number of imidazole rings is 1. The van der Waals surface area contributed by atoms with Crippen LogP contribution < -0.4 is 0 Å². The van der Waals surface area contributed by atoms with Gasteiger partial charge in [-0.2, -0.15) is 0 Å². The molecule has 3 rings (SSSR count). The van der Waals surface area contributed by atoms with Gasteiger partial charge < -0.3 is 24.6 Å². The van der Waals surface area contributed by atoms with Crippen LogP contribution in [0.1, 0.15) is 56.1 Å². The van der Waals surface area contributed by atoms with Crippen molar-refractivity contribution in [3.05, 3.63) is 17.7 Å². The Morgan fingerprint density at radius 3 is 2.92 bits per heavy atom. The fourth-order valence-electron chi connectivity index (χ4n) is 3.78. The maximum atomic E-state index is 12.7. The minimum Gasteiger partial charge on any atom is -0.389 e. The van der Waals surface area contributed by atoms with Crippen molar-refractivity contribution < 1.29 is 14.6 Å². The lowest BCUT2D eigenvalue weighted by molar-refractivity contribution is -0.145. The highest BCUT2D eigenvalue weighted by Crippen LogP contribution is 2.32. The molecule has 140 valence electrons. The molecule has 2 heterocycles. The molecule has 1 saturated heterocycles.